The van der Waals surface area contributed by atoms with E-state index in [1.54, 1.807) is 9.42 Å². The Morgan fingerprint density at radius 3 is 2.83 bits per heavy atom. The molecule has 2 aromatic rings. The highest BCUT2D eigenvalue weighted by Crippen LogP contribution is 2.18. The van der Waals surface area contributed by atoms with Crippen LogP contribution < -0.4 is 5.32 Å². The van der Waals surface area contributed by atoms with Crippen molar-refractivity contribution >= 4 is 17.6 Å². The molecule has 1 atom stereocenters. The molecule has 158 valence electrons. The van der Waals surface area contributed by atoms with E-state index in [1.165, 1.54) is 12.8 Å². The first-order chi connectivity index (χ1) is 14.0. The van der Waals surface area contributed by atoms with Crippen molar-refractivity contribution in [1.29, 1.82) is 0 Å². The first-order valence-corrected chi connectivity index (χ1v) is 10.7. The number of piperidine rings is 1. The van der Waals surface area contributed by atoms with Crippen molar-refractivity contribution in [3.05, 3.63) is 23.3 Å². The number of aryl methyl sites for hydroxylation is 2. The van der Waals surface area contributed by atoms with E-state index < -0.39 is 0 Å². The Hall–Kier alpha value is -2.51. The van der Waals surface area contributed by atoms with Gasteiger partial charge in [0.2, 0.25) is 11.8 Å². The number of carbonyl (C=O) groups excluding carboxylic acids is 2. The van der Waals surface area contributed by atoms with Crippen LogP contribution in [0.1, 0.15) is 62.7 Å². The topological polar surface area (TPSA) is 92.5 Å². The second-order valence-electron chi connectivity index (χ2n) is 7.99. The van der Waals surface area contributed by atoms with Gasteiger partial charge in [0.1, 0.15) is 0 Å². The highest BCUT2D eigenvalue weighted by atomic mass is 16.2. The third-order valence-electron chi connectivity index (χ3n) is 5.45. The molecule has 1 unspecified atom stereocenters. The van der Waals surface area contributed by atoms with Gasteiger partial charge in [-0.1, -0.05) is 26.2 Å². The molecule has 29 heavy (non-hydrogen) atoms. The van der Waals surface area contributed by atoms with Crippen molar-refractivity contribution in [3.63, 3.8) is 0 Å². The number of fused-ring (bicyclic) bond motifs is 1. The van der Waals surface area contributed by atoms with Crippen LogP contribution >= 0.6 is 0 Å². The van der Waals surface area contributed by atoms with E-state index in [1.807, 2.05) is 19.9 Å². The Labute approximate surface area is 172 Å². The summed E-state index contributed by atoms with van der Waals surface area (Å²) in [5, 5.41) is 7.46. The quantitative estimate of drug-likeness (QED) is 0.686. The third-order valence-corrected chi connectivity index (χ3v) is 5.45. The van der Waals surface area contributed by atoms with Crippen LogP contribution in [0.5, 0.6) is 0 Å². The third kappa shape index (κ3) is 5.52. The summed E-state index contributed by atoms with van der Waals surface area (Å²) in [5.74, 6) is 0.901. The summed E-state index contributed by atoms with van der Waals surface area (Å²) in [7, 11) is 0. The van der Waals surface area contributed by atoms with Gasteiger partial charge in [0, 0.05) is 31.0 Å². The molecule has 0 spiro atoms. The van der Waals surface area contributed by atoms with Crippen LogP contribution in [0.3, 0.4) is 0 Å². The van der Waals surface area contributed by atoms with Gasteiger partial charge in [0.25, 0.3) is 5.78 Å². The molecule has 8 heteroatoms. The first-order valence-electron chi connectivity index (χ1n) is 10.7. The number of nitrogens with one attached hydrogen (secondary N) is 1. The Morgan fingerprint density at radius 2 is 2.03 bits per heavy atom. The molecule has 1 N–H and O–H groups in total. The molecule has 0 aliphatic carbocycles. The number of carbonyl (C=O) groups is 2. The SMILES string of the molecule is CCCCCCNC(=O)C1CCCN(C(=O)Cc2nc3nc(C)cc(C)n3n2)C1. The van der Waals surface area contributed by atoms with Crippen molar-refractivity contribution in [2.75, 3.05) is 19.6 Å². The molecule has 2 amide bonds. The summed E-state index contributed by atoms with van der Waals surface area (Å²) in [6.07, 6.45) is 6.36. The maximum Gasteiger partial charge on any atom is 0.252 e. The highest BCUT2D eigenvalue weighted by Gasteiger charge is 2.28. The fraction of sp³-hybridized carbons (Fsp3) is 0.667. The van der Waals surface area contributed by atoms with Gasteiger partial charge < -0.3 is 10.2 Å². The molecule has 1 fully saturated rings. The van der Waals surface area contributed by atoms with E-state index in [-0.39, 0.29) is 24.2 Å². The Morgan fingerprint density at radius 1 is 1.21 bits per heavy atom. The molecule has 8 nitrogen and oxygen atoms in total. The predicted octanol–water partition coefficient (Wildman–Crippen LogP) is 2.22. The number of aromatic nitrogens is 4. The monoisotopic (exact) mass is 400 g/mol. The van der Waals surface area contributed by atoms with E-state index in [0.717, 1.165) is 43.6 Å². The smallest absolute Gasteiger partial charge is 0.252 e. The summed E-state index contributed by atoms with van der Waals surface area (Å²) in [6, 6.07) is 1.93. The summed E-state index contributed by atoms with van der Waals surface area (Å²) in [6.45, 7) is 7.91. The molecule has 0 aromatic carbocycles. The Kier molecular flexibility index (Phi) is 7.17. The number of hydrogen-bond donors (Lipinski definition) is 1. The maximum absolute atomic E-state index is 12.8. The van der Waals surface area contributed by atoms with E-state index >= 15 is 0 Å². The highest BCUT2D eigenvalue weighted by molar-refractivity contribution is 5.82. The second kappa shape index (κ2) is 9.80. The van der Waals surface area contributed by atoms with Crippen LogP contribution in [0.25, 0.3) is 5.78 Å². The number of rotatable bonds is 8. The van der Waals surface area contributed by atoms with Crippen molar-refractivity contribution in [3.8, 4) is 0 Å². The van der Waals surface area contributed by atoms with E-state index in [4.69, 9.17) is 0 Å². The second-order valence-corrected chi connectivity index (χ2v) is 7.99. The van der Waals surface area contributed by atoms with Gasteiger partial charge in [-0.15, -0.1) is 5.10 Å². The van der Waals surface area contributed by atoms with Gasteiger partial charge in [-0.25, -0.2) is 9.50 Å². The standard InChI is InChI=1S/C21H32N6O2/c1-4-5-6-7-10-22-20(29)17-9-8-11-26(14-17)19(28)13-18-24-21-23-15(2)12-16(3)27(21)25-18/h12,17H,4-11,13-14H2,1-3H3,(H,22,29). The summed E-state index contributed by atoms with van der Waals surface area (Å²) in [5.41, 5.74) is 1.81. The normalized spacial score (nSPS) is 16.9. The predicted molar refractivity (Wildman–Crippen MR) is 110 cm³/mol. The Balaban J connectivity index is 1.54. The average molecular weight is 401 g/mol. The van der Waals surface area contributed by atoms with Crippen LogP contribution in [0.4, 0.5) is 0 Å². The summed E-state index contributed by atoms with van der Waals surface area (Å²) < 4.78 is 1.67. The van der Waals surface area contributed by atoms with Gasteiger partial charge in [-0.3, -0.25) is 9.59 Å². The van der Waals surface area contributed by atoms with Crippen molar-refractivity contribution in [1.82, 2.24) is 29.8 Å². The van der Waals surface area contributed by atoms with Crippen LogP contribution in [0.2, 0.25) is 0 Å². The van der Waals surface area contributed by atoms with Crippen LogP contribution in [-0.4, -0.2) is 55.9 Å². The minimum Gasteiger partial charge on any atom is -0.356 e. The molecular weight excluding hydrogens is 368 g/mol. The minimum atomic E-state index is -0.125. The van der Waals surface area contributed by atoms with Crippen molar-refractivity contribution in [2.45, 2.75) is 65.7 Å². The minimum absolute atomic E-state index is 0.0317. The van der Waals surface area contributed by atoms with E-state index in [0.29, 0.717) is 24.7 Å². The zero-order valence-electron chi connectivity index (χ0n) is 17.8. The van der Waals surface area contributed by atoms with E-state index in [2.05, 4.69) is 27.3 Å². The molecule has 3 heterocycles. The molecule has 3 rings (SSSR count). The van der Waals surface area contributed by atoms with Gasteiger partial charge in [-0.05, 0) is 39.2 Å². The number of amides is 2. The van der Waals surface area contributed by atoms with Crippen molar-refractivity contribution in [2.24, 2.45) is 5.92 Å². The zero-order chi connectivity index (χ0) is 20.8. The van der Waals surface area contributed by atoms with Crippen LogP contribution in [-0.2, 0) is 16.0 Å². The molecular formula is C21H32N6O2. The molecule has 2 aromatic heterocycles. The fourth-order valence-electron chi connectivity index (χ4n) is 3.86. The fourth-order valence-corrected chi connectivity index (χ4v) is 3.86. The number of unbranched alkanes of at least 4 members (excludes halogenated alkanes) is 3. The average Bonchev–Trinajstić information content (AvgIpc) is 3.10. The van der Waals surface area contributed by atoms with Gasteiger partial charge in [-0.2, -0.15) is 4.98 Å². The lowest BCUT2D eigenvalue weighted by Gasteiger charge is -2.32. The van der Waals surface area contributed by atoms with E-state index in [9.17, 15) is 9.59 Å². The first kappa shape index (κ1) is 21.2. The molecule has 1 aliphatic heterocycles. The number of hydrogen-bond acceptors (Lipinski definition) is 5. The lowest BCUT2D eigenvalue weighted by molar-refractivity contribution is -0.135. The van der Waals surface area contributed by atoms with Gasteiger partial charge >= 0.3 is 0 Å². The number of nitrogens with zero attached hydrogens (tertiary/aromatic N) is 5. The van der Waals surface area contributed by atoms with Crippen molar-refractivity contribution < 1.29 is 9.59 Å². The molecule has 0 radical (unpaired) electrons. The lowest BCUT2D eigenvalue weighted by atomic mass is 9.96. The van der Waals surface area contributed by atoms with Gasteiger partial charge in [0.15, 0.2) is 5.82 Å². The summed E-state index contributed by atoms with van der Waals surface area (Å²) >= 11 is 0. The maximum atomic E-state index is 12.8. The number of likely N-dealkylation sites (tertiary alicyclic amines) is 1. The Bertz CT molecular complexity index is 862. The van der Waals surface area contributed by atoms with Crippen LogP contribution in [0.15, 0.2) is 6.07 Å². The molecule has 1 aliphatic rings. The van der Waals surface area contributed by atoms with Gasteiger partial charge in [0.05, 0.1) is 12.3 Å². The molecule has 0 saturated carbocycles. The van der Waals surface area contributed by atoms with Crippen LogP contribution in [0, 0.1) is 19.8 Å². The lowest BCUT2D eigenvalue weighted by Crippen LogP contribution is -2.46. The summed E-state index contributed by atoms with van der Waals surface area (Å²) in [4.78, 5) is 35.8. The largest absolute Gasteiger partial charge is 0.356 e. The zero-order valence-corrected chi connectivity index (χ0v) is 17.8. The molecule has 0 bridgehead atoms. The molecule has 1 saturated heterocycles.